The number of amides is 1. The minimum absolute atomic E-state index is 0.184. The molecule has 1 aliphatic heterocycles. The van der Waals surface area contributed by atoms with E-state index in [1.54, 1.807) is 17.0 Å². The SMILES string of the molecule is C=C(C)CN(CC)C(=O)c1ccc(CC)c(S(=O)(=O)N2CCOCC2)c1. The average molecular weight is 381 g/mol. The smallest absolute Gasteiger partial charge is 0.254 e. The van der Waals surface area contributed by atoms with Crippen molar-refractivity contribution in [1.82, 2.24) is 9.21 Å². The summed E-state index contributed by atoms with van der Waals surface area (Å²) in [6, 6.07) is 4.97. The molecular weight excluding hydrogens is 352 g/mol. The molecule has 0 bridgehead atoms. The van der Waals surface area contributed by atoms with Crippen LogP contribution in [0.25, 0.3) is 0 Å². The number of aryl methyl sites for hydroxylation is 1. The molecule has 1 heterocycles. The molecule has 7 heteroatoms. The van der Waals surface area contributed by atoms with Crippen molar-refractivity contribution in [3.63, 3.8) is 0 Å². The highest BCUT2D eigenvalue weighted by atomic mass is 32.2. The number of sulfonamides is 1. The Balaban J connectivity index is 2.42. The van der Waals surface area contributed by atoms with Gasteiger partial charge in [-0.3, -0.25) is 4.79 Å². The Labute approximate surface area is 156 Å². The molecule has 6 nitrogen and oxygen atoms in total. The van der Waals surface area contributed by atoms with Crippen LogP contribution in [0.2, 0.25) is 0 Å². The van der Waals surface area contributed by atoms with Gasteiger partial charge in [-0.15, -0.1) is 0 Å². The van der Waals surface area contributed by atoms with Gasteiger partial charge in [-0.1, -0.05) is 25.1 Å². The van der Waals surface area contributed by atoms with E-state index in [4.69, 9.17) is 4.74 Å². The lowest BCUT2D eigenvalue weighted by molar-refractivity contribution is 0.0729. The molecule has 0 aromatic heterocycles. The van der Waals surface area contributed by atoms with E-state index in [1.807, 2.05) is 20.8 Å². The van der Waals surface area contributed by atoms with Gasteiger partial charge < -0.3 is 9.64 Å². The number of nitrogens with zero attached hydrogens (tertiary/aromatic N) is 2. The van der Waals surface area contributed by atoms with Gasteiger partial charge in [-0.2, -0.15) is 4.31 Å². The second-order valence-electron chi connectivity index (χ2n) is 6.47. The zero-order valence-electron chi connectivity index (χ0n) is 15.8. The van der Waals surface area contributed by atoms with E-state index in [9.17, 15) is 13.2 Å². The molecule has 0 atom stereocenters. The van der Waals surface area contributed by atoms with Crippen molar-refractivity contribution in [2.75, 3.05) is 39.4 Å². The first-order valence-electron chi connectivity index (χ1n) is 8.95. The standard InChI is InChI=1S/C19H28N2O4S/c1-5-16-7-8-17(19(22)20(6-2)14-15(3)4)13-18(16)26(23,24)21-9-11-25-12-10-21/h7-8,13H,3,5-6,9-12,14H2,1-2,4H3. The average Bonchev–Trinajstić information content (AvgIpc) is 2.65. The van der Waals surface area contributed by atoms with Crippen molar-refractivity contribution in [3.05, 3.63) is 41.5 Å². The molecule has 26 heavy (non-hydrogen) atoms. The number of hydrogen-bond acceptors (Lipinski definition) is 4. The number of benzene rings is 1. The predicted molar refractivity (Wildman–Crippen MR) is 102 cm³/mol. The van der Waals surface area contributed by atoms with Gasteiger partial charge in [0.1, 0.15) is 0 Å². The predicted octanol–water partition coefficient (Wildman–Crippen LogP) is 2.31. The van der Waals surface area contributed by atoms with E-state index in [0.717, 1.165) is 11.1 Å². The minimum Gasteiger partial charge on any atom is -0.379 e. The first-order valence-corrected chi connectivity index (χ1v) is 10.4. The zero-order chi connectivity index (χ0) is 19.3. The summed E-state index contributed by atoms with van der Waals surface area (Å²) in [5, 5.41) is 0. The Morgan fingerprint density at radius 3 is 2.46 bits per heavy atom. The lowest BCUT2D eigenvalue weighted by Gasteiger charge is -2.27. The number of ether oxygens (including phenoxy) is 1. The Kier molecular flexibility index (Phi) is 6.97. The van der Waals surface area contributed by atoms with Crippen LogP contribution in [0.1, 0.15) is 36.7 Å². The molecule has 2 rings (SSSR count). The summed E-state index contributed by atoms with van der Waals surface area (Å²) in [7, 11) is -3.65. The summed E-state index contributed by atoms with van der Waals surface area (Å²) in [6.45, 7) is 12.0. The maximum atomic E-state index is 13.1. The van der Waals surface area contributed by atoms with E-state index in [1.165, 1.54) is 10.4 Å². The van der Waals surface area contributed by atoms with Crippen molar-refractivity contribution < 1.29 is 17.9 Å². The van der Waals surface area contributed by atoms with Crippen LogP contribution in [0.5, 0.6) is 0 Å². The van der Waals surface area contributed by atoms with Crippen molar-refractivity contribution in [3.8, 4) is 0 Å². The highest BCUT2D eigenvalue weighted by Gasteiger charge is 2.29. The molecule has 0 radical (unpaired) electrons. The van der Waals surface area contributed by atoms with Gasteiger partial charge in [0, 0.05) is 31.7 Å². The van der Waals surface area contributed by atoms with Gasteiger partial charge in [0.15, 0.2) is 0 Å². The van der Waals surface area contributed by atoms with Crippen LogP contribution >= 0.6 is 0 Å². The second kappa shape index (κ2) is 8.79. The van der Waals surface area contributed by atoms with Gasteiger partial charge in [-0.05, 0) is 38.0 Å². The topological polar surface area (TPSA) is 66.9 Å². The largest absolute Gasteiger partial charge is 0.379 e. The van der Waals surface area contributed by atoms with Crippen molar-refractivity contribution in [2.45, 2.75) is 32.1 Å². The maximum absolute atomic E-state index is 13.1. The van der Waals surface area contributed by atoms with E-state index < -0.39 is 10.0 Å². The summed E-state index contributed by atoms with van der Waals surface area (Å²) < 4.78 is 32.9. The molecule has 1 aromatic rings. The number of carbonyl (C=O) groups excluding carboxylic acids is 1. The van der Waals surface area contributed by atoms with Crippen LogP contribution in [0, 0.1) is 0 Å². The Morgan fingerprint density at radius 2 is 1.92 bits per heavy atom. The van der Waals surface area contributed by atoms with Gasteiger partial charge in [0.05, 0.1) is 18.1 Å². The first kappa shape index (κ1) is 20.6. The summed E-state index contributed by atoms with van der Waals surface area (Å²) in [5.41, 5.74) is 1.99. The molecule has 1 aromatic carbocycles. The number of hydrogen-bond donors (Lipinski definition) is 0. The van der Waals surface area contributed by atoms with Crippen LogP contribution in [0.3, 0.4) is 0 Å². The number of rotatable bonds is 7. The molecule has 0 unspecified atom stereocenters. The van der Waals surface area contributed by atoms with Crippen molar-refractivity contribution >= 4 is 15.9 Å². The van der Waals surface area contributed by atoms with Gasteiger partial charge in [0.25, 0.3) is 5.91 Å². The molecule has 1 amide bonds. The Morgan fingerprint density at radius 1 is 1.27 bits per heavy atom. The minimum atomic E-state index is -3.65. The summed E-state index contributed by atoms with van der Waals surface area (Å²) in [4.78, 5) is 14.7. The molecule has 1 saturated heterocycles. The third-order valence-electron chi connectivity index (χ3n) is 4.41. The van der Waals surface area contributed by atoms with Crippen LogP contribution in [-0.4, -0.2) is 62.9 Å². The fraction of sp³-hybridized carbons (Fsp3) is 0.526. The first-order chi connectivity index (χ1) is 12.3. The molecule has 144 valence electrons. The quantitative estimate of drug-likeness (QED) is 0.681. The molecule has 0 spiro atoms. The molecule has 0 saturated carbocycles. The number of carbonyl (C=O) groups is 1. The zero-order valence-corrected chi connectivity index (χ0v) is 16.6. The molecular formula is C19H28N2O4S. The highest BCUT2D eigenvalue weighted by molar-refractivity contribution is 7.89. The van der Waals surface area contributed by atoms with Gasteiger partial charge >= 0.3 is 0 Å². The van der Waals surface area contributed by atoms with Crippen LogP contribution in [-0.2, 0) is 21.2 Å². The monoisotopic (exact) mass is 380 g/mol. The van der Waals surface area contributed by atoms with Crippen LogP contribution < -0.4 is 0 Å². The van der Waals surface area contributed by atoms with Crippen LogP contribution in [0.15, 0.2) is 35.2 Å². The second-order valence-corrected chi connectivity index (χ2v) is 8.38. The Bertz CT molecular complexity index is 768. The maximum Gasteiger partial charge on any atom is 0.254 e. The molecule has 1 aliphatic rings. The number of likely N-dealkylation sites (N-methyl/N-ethyl adjacent to an activating group) is 1. The van der Waals surface area contributed by atoms with Gasteiger partial charge in [0.2, 0.25) is 10.0 Å². The molecule has 0 aliphatic carbocycles. The fourth-order valence-electron chi connectivity index (χ4n) is 2.98. The summed E-state index contributed by atoms with van der Waals surface area (Å²) >= 11 is 0. The summed E-state index contributed by atoms with van der Waals surface area (Å²) in [6.07, 6.45) is 0.580. The third-order valence-corrected chi connectivity index (χ3v) is 6.39. The highest BCUT2D eigenvalue weighted by Crippen LogP contribution is 2.24. The van der Waals surface area contributed by atoms with E-state index in [-0.39, 0.29) is 10.8 Å². The summed E-state index contributed by atoms with van der Waals surface area (Å²) in [5.74, 6) is -0.184. The van der Waals surface area contributed by atoms with E-state index in [0.29, 0.717) is 51.4 Å². The lowest BCUT2D eigenvalue weighted by Crippen LogP contribution is -2.41. The van der Waals surface area contributed by atoms with Gasteiger partial charge in [-0.25, -0.2) is 8.42 Å². The van der Waals surface area contributed by atoms with E-state index >= 15 is 0 Å². The number of morpholine rings is 1. The molecule has 1 fully saturated rings. The fourth-order valence-corrected chi connectivity index (χ4v) is 4.71. The lowest BCUT2D eigenvalue weighted by atomic mass is 10.1. The van der Waals surface area contributed by atoms with Crippen LogP contribution in [0.4, 0.5) is 0 Å². The Hall–Kier alpha value is -1.70. The normalized spacial score (nSPS) is 15.7. The van der Waals surface area contributed by atoms with Crippen molar-refractivity contribution in [1.29, 1.82) is 0 Å². The van der Waals surface area contributed by atoms with E-state index in [2.05, 4.69) is 6.58 Å². The van der Waals surface area contributed by atoms with Crippen molar-refractivity contribution in [2.24, 2.45) is 0 Å². The molecule has 0 N–H and O–H groups in total. The third kappa shape index (κ3) is 4.52.